The lowest BCUT2D eigenvalue weighted by Gasteiger charge is -2.16. The molecule has 1 heterocycles. The molecule has 0 saturated carbocycles. The van der Waals surface area contributed by atoms with E-state index in [1.165, 1.54) is 0 Å². The van der Waals surface area contributed by atoms with Crippen molar-refractivity contribution < 1.29 is 4.79 Å². The molecule has 0 amide bonds. The van der Waals surface area contributed by atoms with Crippen molar-refractivity contribution in [2.45, 2.75) is 5.92 Å². The zero-order valence-electron chi connectivity index (χ0n) is 11.8. The third kappa shape index (κ3) is 3.15. The maximum absolute atomic E-state index is 13.0. The third-order valence-electron chi connectivity index (χ3n) is 3.51. The Kier molecular flexibility index (Phi) is 4.45. The van der Waals surface area contributed by atoms with Crippen LogP contribution < -0.4 is 0 Å². The average molecular weight is 352 g/mol. The molecule has 0 aliphatic rings. The molecule has 0 aliphatic heterocycles. The molecule has 0 saturated heterocycles. The summed E-state index contributed by atoms with van der Waals surface area (Å²) in [6.07, 6.45) is 1.72. The van der Waals surface area contributed by atoms with Crippen LogP contribution in [0, 0.1) is 0 Å². The van der Waals surface area contributed by atoms with Crippen molar-refractivity contribution in [2.24, 2.45) is 0 Å². The van der Waals surface area contributed by atoms with Gasteiger partial charge in [-0.05, 0) is 29.8 Å². The van der Waals surface area contributed by atoms with Crippen molar-refractivity contribution in [3.63, 3.8) is 0 Å². The smallest absolute Gasteiger partial charge is 0.176 e. The van der Waals surface area contributed by atoms with Crippen LogP contribution in [0.2, 0.25) is 0 Å². The summed E-state index contributed by atoms with van der Waals surface area (Å²) >= 11 is 3.40. The molecule has 0 N–H and O–H groups in total. The number of rotatable bonds is 4. The Morgan fingerprint density at radius 2 is 1.55 bits per heavy atom. The quantitative estimate of drug-likeness (QED) is 0.628. The summed E-state index contributed by atoms with van der Waals surface area (Å²) in [6, 6.07) is 22.9. The highest BCUT2D eigenvalue weighted by molar-refractivity contribution is 9.10. The Labute approximate surface area is 138 Å². The molecule has 0 fully saturated rings. The predicted octanol–water partition coefficient (Wildman–Crippen LogP) is 4.86. The number of hydrogen-bond acceptors (Lipinski definition) is 2. The molecule has 0 unspecified atom stereocenters. The third-order valence-corrected chi connectivity index (χ3v) is 4.04. The maximum Gasteiger partial charge on any atom is 0.176 e. The number of carbonyl (C=O) groups excluding carboxylic acids is 1. The monoisotopic (exact) mass is 351 g/mol. The first kappa shape index (κ1) is 14.7. The van der Waals surface area contributed by atoms with Crippen LogP contribution in [0.25, 0.3) is 0 Å². The van der Waals surface area contributed by atoms with E-state index in [9.17, 15) is 4.79 Å². The minimum Gasteiger partial charge on any atom is -0.293 e. The van der Waals surface area contributed by atoms with Crippen LogP contribution in [0.5, 0.6) is 0 Å². The van der Waals surface area contributed by atoms with Gasteiger partial charge in [-0.1, -0.05) is 64.5 Å². The van der Waals surface area contributed by atoms with Crippen LogP contribution in [0.4, 0.5) is 0 Å². The average Bonchev–Trinajstić information content (AvgIpc) is 2.57. The number of Topliss-reactive ketones (excluding diaryl/α,β-unsaturated/α-hetero) is 1. The van der Waals surface area contributed by atoms with Gasteiger partial charge in [0.05, 0.1) is 11.6 Å². The molecule has 0 radical (unpaired) electrons. The van der Waals surface area contributed by atoms with Crippen molar-refractivity contribution in [1.82, 2.24) is 4.98 Å². The lowest BCUT2D eigenvalue weighted by molar-refractivity contribution is 0.0972. The maximum atomic E-state index is 13.0. The summed E-state index contributed by atoms with van der Waals surface area (Å²) in [5.74, 6) is -0.332. The Balaban J connectivity index is 2.06. The Bertz CT molecular complexity index is 715. The van der Waals surface area contributed by atoms with E-state index in [2.05, 4.69) is 20.9 Å². The number of benzene rings is 2. The number of pyridine rings is 1. The van der Waals surface area contributed by atoms with Gasteiger partial charge in [0.15, 0.2) is 5.78 Å². The molecular formula is C19H14BrNO. The van der Waals surface area contributed by atoms with E-state index in [4.69, 9.17) is 0 Å². The van der Waals surface area contributed by atoms with Gasteiger partial charge in [0.2, 0.25) is 0 Å². The highest BCUT2D eigenvalue weighted by atomic mass is 79.9. The van der Waals surface area contributed by atoms with Crippen molar-refractivity contribution in [1.29, 1.82) is 0 Å². The highest BCUT2D eigenvalue weighted by Gasteiger charge is 2.24. The largest absolute Gasteiger partial charge is 0.293 e. The topological polar surface area (TPSA) is 30.0 Å². The fourth-order valence-electron chi connectivity index (χ4n) is 2.43. The molecule has 2 nitrogen and oxygen atoms in total. The number of carbonyl (C=O) groups is 1. The summed E-state index contributed by atoms with van der Waals surface area (Å²) in [7, 11) is 0. The fraction of sp³-hybridized carbons (Fsp3) is 0.0526. The number of aromatic nitrogens is 1. The summed E-state index contributed by atoms with van der Waals surface area (Å²) in [6.45, 7) is 0. The van der Waals surface area contributed by atoms with E-state index in [-0.39, 0.29) is 11.7 Å². The van der Waals surface area contributed by atoms with Crippen molar-refractivity contribution >= 4 is 21.7 Å². The summed E-state index contributed by atoms with van der Waals surface area (Å²) in [5, 5.41) is 0. The van der Waals surface area contributed by atoms with E-state index < -0.39 is 0 Å². The second kappa shape index (κ2) is 6.67. The minimum absolute atomic E-state index is 0.0531. The molecule has 3 rings (SSSR count). The predicted molar refractivity (Wildman–Crippen MR) is 91.0 cm³/mol. The number of hydrogen-bond donors (Lipinski definition) is 0. The van der Waals surface area contributed by atoms with Gasteiger partial charge in [0, 0.05) is 16.2 Å². The van der Waals surface area contributed by atoms with E-state index in [0.29, 0.717) is 5.56 Å². The Morgan fingerprint density at radius 1 is 0.864 bits per heavy atom. The van der Waals surface area contributed by atoms with Gasteiger partial charge < -0.3 is 0 Å². The van der Waals surface area contributed by atoms with Crippen LogP contribution in [0.3, 0.4) is 0 Å². The van der Waals surface area contributed by atoms with Crippen LogP contribution in [0.1, 0.15) is 27.5 Å². The number of ketones is 1. The molecule has 0 spiro atoms. The van der Waals surface area contributed by atoms with Gasteiger partial charge in [-0.2, -0.15) is 0 Å². The van der Waals surface area contributed by atoms with E-state index in [0.717, 1.165) is 15.7 Å². The molecule has 1 atom stereocenters. The lowest BCUT2D eigenvalue weighted by atomic mass is 9.87. The van der Waals surface area contributed by atoms with Crippen LogP contribution in [0.15, 0.2) is 83.5 Å². The van der Waals surface area contributed by atoms with Crippen molar-refractivity contribution in [3.05, 3.63) is 100 Å². The van der Waals surface area contributed by atoms with Crippen LogP contribution in [-0.2, 0) is 0 Å². The van der Waals surface area contributed by atoms with Gasteiger partial charge in [-0.25, -0.2) is 0 Å². The standard InChI is InChI=1S/C19H14BrNO/c20-16-11-9-15(10-12-16)19(22)18(14-6-2-1-3-7-14)17-8-4-5-13-21-17/h1-13,18H/t18-/m1/s1. The summed E-state index contributed by atoms with van der Waals surface area (Å²) in [4.78, 5) is 17.4. The highest BCUT2D eigenvalue weighted by Crippen LogP contribution is 2.27. The first-order valence-corrected chi connectivity index (χ1v) is 7.80. The van der Waals surface area contributed by atoms with Gasteiger partial charge in [-0.15, -0.1) is 0 Å². The van der Waals surface area contributed by atoms with Gasteiger partial charge in [0.25, 0.3) is 0 Å². The van der Waals surface area contributed by atoms with Crippen molar-refractivity contribution in [2.75, 3.05) is 0 Å². The summed E-state index contributed by atoms with van der Waals surface area (Å²) in [5.41, 5.74) is 2.40. The molecule has 108 valence electrons. The van der Waals surface area contributed by atoms with Gasteiger partial charge in [0.1, 0.15) is 0 Å². The second-order valence-electron chi connectivity index (χ2n) is 4.97. The Morgan fingerprint density at radius 3 is 2.18 bits per heavy atom. The zero-order valence-corrected chi connectivity index (χ0v) is 13.4. The minimum atomic E-state index is -0.386. The molecule has 0 bridgehead atoms. The molecule has 3 aromatic rings. The first-order valence-electron chi connectivity index (χ1n) is 7.01. The number of nitrogens with zero attached hydrogens (tertiary/aromatic N) is 1. The molecular weight excluding hydrogens is 338 g/mol. The Hall–Kier alpha value is -2.26. The molecule has 2 aromatic carbocycles. The SMILES string of the molecule is O=C(c1ccc(Br)cc1)[C@H](c1ccccc1)c1ccccn1. The first-order chi connectivity index (χ1) is 10.8. The van der Waals surface area contributed by atoms with Crippen LogP contribution >= 0.6 is 15.9 Å². The zero-order chi connectivity index (χ0) is 15.4. The fourth-order valence-corrected chi connectivity index (χ4v) is 2.69. The number of halogens is 1. The molecule has 3 heteroatoms. The summed E-state index contributed by atoms with van der Waals surface area (Å²) < 4.78 is 0.957. The van der Waals surface area contributed by atoms with Gasteiger partial charge >= 0.3 is 0 Å². The van der Waals surface area contributed by atoms with Crippen molar-refractivity contribution in [3.8, 4) is 0 Å². The second-order valence-corrected chi connectivity index (χ2v) is 5.89. The van der Waals surface area contributed by atoms with Crippen LogP contribution in [-0.4, -0.2) is 10.8 Å². The molecule has 0 aliphatic carbocycles. The lowest BCUT2D eigenvalue weighted by Crippen LogP contribution is -2.15. The van der Waals surface area contributed by atoms with Gasteiger partial charge in [-0.3, -0.25) is 9.78 Å². The van der Waals surface area contributed by atoms with E-state index in [1.807, 2.05) is 72.8 Å². The molecule has 1 aromatic heterocycles. The van der Waals surface area contributed by atoms with E-state index in [1.54, 1.807) is 6.20 Å². The molecule has 22 heavy (non-hydrogen) atoms. The van der Waals surface area contributed by atoms with E-state index >= 15 is 0 Å². The normalized spacial score (nSPS) is 11.9.